The Morgan fingerprint density at radius 1 is 0.930 bits per heavy atom. The number of rotatable bonds is 9. The number of benzene rings is 2. The van der Waals surface area contributed by atoms with E-state index in [0.717, 1.165) is 24.0 Å². The highest BCUT2D eigenvalue weighted by Crippen LogP contribution is 2.54. The SMILES string of the molecule is CCCC(C)N1CC=C[C@]23O[C@H]4C=CCN(Cc5ccccc5)C(=O)[C@H]4[C@H]2C(=O)N([C@@H](CO)Cc2ccccc2)C3C1=O. The number of carbonyl (C=O) groups excluding carboxylic acids is 3. The van der Waals surface area contributed by atoms with Crippen molar-refractivity contribution in [2.24, 2.45) is 11.8 Å². The minimum absolute atomic E-state index is 0.0372. The Balaban J connectivity index is 1.42. The van der Waals surface area contributed by atoms with Gasteiger partial charge in [-0.25, -0.2) is 0 Å². The molecule has 2 unspecified atom stereocenters. The number of carbonyl (C=O) groups is 3. The van der Waals surface area contributed by atoms with E-state index in [4.69, 9.17) is 4.74 Å². The van der Waals surface area contributed by atoms with Crippen molar-refractivity contribution in [3.8, 4) is 0 Å². The molecule has 43 heavy (non-hydrogen) atoms. The molecule has 1 spiro atoms. The first-order chi connectivity index (χ1) is 20.9. The van der Waals surface area contributed by atoms with Crippen LogP contribution in [0.3, 0.4) is 0 Å². The van der Waals surface area contributed by atoms with Gasteiger partial charge in [-0.15, -0.1) is 0 Å². The summed E-state index contributed by atoms with van der Waals surface area (Å²) in [4.78, 5) is 48.8. The van der Waals surface area contributed by atoms with Gasteiger partial charge in [-0.05, 0) is 30.9 Å². The Morgan fingerprint density at radius 3 is 2.30 bits per heavy atom. The second kappa shape index (κ2) is 12.1. The van der Waals surface area contributed by atoms with Crippen molar-refractivity contribution in [2.45, 2.75) is 69.5 Å². The molecule has 0 aromatic heterocycles. The number of aliphatic hydroxyl groups is 1. The average Bonchev–Trinajstić information content (AvgIpc) is 3.34. The van der Waals surface area contributed by atoms with Crippen LogP contribution >= 0.6 is 0 Å². The average molecular weight is 584 g/mol. The molecule has 1 N–H and O–H groups in total. The Labute approximate surface area is 253 Å². The van der Waals surface area contributed by atoms with Gasteiger partial charge in [-0.3, -0.25) is 14.4 Å². The molecule has 0 aliphatic carbocycles. The van der Waals surface area contributed by atoms with E-state index in [1.807, 2.05) is 96.8 Å². The minimum Gasteiger partial charge on any atom is -0.394 e. The third-order valence-electron chi connectivity index (χ3n) is 9.58. The number of hydrogen-bond acceptors (Lipinski definition) is 5. The van der Waals surface area contributed by atoms with E-state index in [9.17, 15) is 19.5 Å². The monoisotopic (exact) mass is 583 g/mol. The third-order valence-corrected chi connectivity index (χ3v) is 9.58. The van der Waals surface area contributed by atoms with Crippen LogP contribution in [0, 0.1) is 11.8 Å². The highest BCUT2D eigenvalue weighted by atomic mass is 16.5. The zero-order valence-electron chi connectivity index (χ0n) is 24.9. The number of ether oxygens (including phenoxy) is 1. The lowest BCUT2D eigenvalue weighted by molar-refractivity contribution is -0.152. The van der Waals surface area contributed by atoms with Gasteiger partial charge in [0.15, 0.2) is 0 Å². The molecule has 2 aromatic carbocycles. The molecule has 4 aliphatic rings. The van der Waals surface area contributed by atoms with Crippen molar-refractivity contribution < 1.29 is 24.2 Å². The van der Waals surface area contributed by atoms with Gasteiger partial charge in [0.2, 0.25) is 17.7 Å². The lowest BCUT2D eigenvalue weighted by Crippen LogP contribution is -2.59. The third kappa shape index (κ3) is 5.10. The number of nitrogens with zero attached hydrogens (tertiary/aromatic N) is 3. The Kier molecular flexibility index (Phi) is 8.25. The van der Waals surface area contributed by atoms with Gasteiger partial charge in [-0.1, -0.05) is 98.3 Å². The predicted octanol–water partition coefficient (Wildman–Crippen LogP) is 3.36. The lowest BCUT2D eigenvalue weighted by Gasteiger charge is -2.40. The number of amides is 3. The van der Waals surface area contributed by atoms with Gasteiger partial charge < -0.3 is 24.5 Å². The Morgan fingerprint density at radius 2 is 1.63 bits per heavy atom. The maximum Gasteiger partial charge on any atom is 0.249 e. The second-order valence-corrected chi connectivity index (χ2v) is 12.3. The van der Waals surface area contributed by atoms with Crippen LogP contribution in [0.25, 0.3) is 0 Å². The molecule has 4 heterocycles. The zero-order chi connectivity index (χ0) is 30.1. The van der Waals surface area contributed by atoms with E-state index < -0.39 is 35.6 Å². The number of aliphatic hydroxyl groups excluding tert-OH is 1. The summed E-state index contributed by atoms with van der Waals surface area (Å²) in [5.74, 6) is -2.32. The largest absolute Gasteiger partial charge is 0.394 e. The van der Waals surface area contributed by atoms with Crippen LogP contribution in [-0.2, 0) is 32.1 Å². The van der Waals surface area contributed by atoms with Gasteiger partial charge >= 0.3 is 0 Å². The van der Waals surface area contributed by atoms with Gasteiger partial charge in [0, 0.05) is 25.7 Å². The van der Waals surface area contributed by atoms with Gasteiger partial charge in [-0.2, -0.15) is 0 Å². The first-order valence-corrected chi connectivity index (χ1v) is 15.5. The van der Waals surface area contributed by atoms with Gasteiger partial charge in [0.05, 0.1) is 30.6 Å². The highest BCUT2D eigenvalue weighted by Gasteiger charge is 2.72. The smallest absolute Gasteiger partial charge is 0.249 e. The summed E-state index contributed by atoms with van der Waals surface area (Å²) >= 11 is 0. The molecule has 2 saturated heterocycles. The van der Waals surface area contributed by atoms with Gasteiger partial charge in [0.25, 0.3) is 0 Å². The first-order valence-electron chi connectivity index (χ1n) is 15.5. The first kappa shape index (κ1) is 29.3. The molecular weight excluding hydrogens is 542 g/mol. The molecular formula is C35H41N3O5. The molecule has 0 radical (unpaired) electrons. The molecule has 0 bridgehead atoms. The fraction of sp³-hybridized carbons (Fsp3) is 0.457. The summed E-state index contributed by atoms with van der Waals surface area (Å²) in [5.41, 5.74) is 0.640. The van der Waals surface area contributed by atoms with Crippen molar-refractivity contribution in [1.29, 1.82) is 0 Å². The molecule has 8 nitrogen and oxygen atoms in total. The molecule has 4 aliphatic heterocycles. The van der Waals surface area contributed by atoms with E-state index in [1.54, 1.807) is 9.80 Å². The molecule has 0 saturated carbocycles. The molecule has 226 valence electrons. The van der Waals surface area contributed by atoms with Crippen molar-refractivity contribution >= 4 is 17.7 Å². The van der Waals surface area contributed by atoms with Crippen LogP contribution in [0.15, 0.2) is 85.0 Å². The van der Waals surface area contributed by atoms with E-state index in [-0.39, 0.29) is 30.4 Å². The van der Waals surface area contributed by atoms with E-state index in [2.05, 4.69) is 6.92 Å². The lowest BCUT2D eigenvalue weighted by atomic mass is 9.77. The van der Waals surface area contributed by atoms with E-state index >= 15 is 0 Å². The normalized spacial score (nSPS) is 29.7. The molecule has 7 atom stereocenters. The Bertz CT molecular complexity index is 1390. The number of likely N-dealkylation sites (tertiary alicyclic amines) is 1. The van der Waals surface area contributed by atoms with Crippen LogP contribution in [0.1, 0.15) is 37.8 Å². The van der Waals surface area contributed by atoms with Crippen LogP contribution in [0.2, 0.25) is 0 Å². The highest BCUT2D eigenvalue weighted by molar-refractivity contribution is 6.00. The van der Waals surface area contributed by atoms with Crippen LogP contribution in [-0.4, -0.2) is 87.1 Å². The number of hydrogen-bond donors (Lipinski definition) is 1. The summed E-state index contributed by atoms with van der Waals surface area (Å²) in [6.45, 7) is 5.04. The van der Waals surface area contributed by atoms with Crippen molar-refractivity contribution in [3.63, 3.8) is 0 Å². The minimum atomic E-state index is -1.32. The number of fused-ring (bicyclic) bond motifs is 2. The quantitative estimate of drug-likeness (QED) is 0.458. The maximum absolute atomic E-state index is 14.7. The topological polar surface area (TPSA) is 90.4 Å². The molecule has 8 heteroatoms. The Hall–Kier alpha value is -3.75. The van der Waals surface area contributed by atoms with Crippen molar-refractivity contribution in [2.75, 3.05) is 19.7 Å². The summed E-state index contributed by atoms with van der Waals surface area (Å²) in [5, 5.41) is 10.7. The van der Waals surface area contributed by atoms with Crippen molar-refractivity contribution in [1.82, 2.24) is 14.7 Å². The van der Waals surface area contributed by atoms with Gasteiger partial charge in [0.1, 0.15) is 11.6 Å². The summed E-state index contributed by atoms with van der Waals surface area (Å²) in [7, 11) is 0. The molecule has 2 aromatic rings. The fourth-order valence-corrected chi connectivity index (χ4v) is 7.59. The van der Waals surface area contributed by atoms with Crippen molar-refractivity contribution in [3.05, 3.63) is 96.1 Å². The summed E-state index contributed by atoms with van der Waals surface area (Å²) < 4.78 is 6.80. The second-order valence-electron chi connectivity index (χ2n) is 12.3. The van der Waals surface area contributed by atoms with E-state index in [0.29, 0.717) is 26.1 Å². The zero-order valence-corrected chi connectivity index (χ0v) is 24.9. The summed E-state index contributed by atoms with van der Waals surface area (Å²) in [6.07, 6.45) is 9.13. The standard InChI is InChI=1S/C35H41N3O5/c1-3-12-24(2)37-20-11-18-35-30(29-28(43-35)17-10-19-36(32(29)40)22-26-15-8-5-9-16-26)33(41)38(31(35)34(37)42)27(23-39)21-25-13-6-4-7-14-25/h4-11,13-18,24,27-31,39H,3,12,19-23H2,1-2H3/t24?,27-,28+,29-,30+,31?,35+/m1/s1. The van der Waals surface area contributed by atoms with Crippen LogP contribution in [0.5, 0.6) is 0 Å². The van der Waals surface area contributed by atoms with E-state index in [1.165, 1.54) is 0 Å². The molecule has 3 amide bonds. The van der Waals surface area contributed by atoms with Crippen LogP contribution in [0.4, 0.5) is 0 Å². The fourth-order valence-electron chi connectivity index (χ4n) is 7.59. The van der Waals surface area contributed by atoms with Crippen LogP contribution < -0.4 is 0 Å². The summed E-state index contributed by atoms with van der Waals surface area (Å²) in [6, 6.07) is 17.8. The molecule has 2 fully saturated rings. The maximum atomic E-state index is 14.7. The molecule has 6 rings (SSSR count). The predicted molar refractivity (Wildman–Crippen MR) is 162 cm³/mol.